The minimum absolute atomic E-state index is 0.366. The summed E-state index contributed by atoms with van der Waals surface area (Å²) in [4.78, 5) is 0. The van der Waals surface area contributed by atoms with E-state index in [1.165, 1.54) is 0 Å². The molecule has 0 spiro atoms. The molecule has 0 atom stereocenters. The Morgan fingerprint density at radius 1 is 1.17 bits per heavy atom. The van der Waals surface area contributed by atoms with Gasteiger partial charge < -0.3 is 4.74 Å². The quantitative estimate of drug-likeness (QED) is 0.625. The number of hydrogen-bond donors (Lipinski definition) is 0. The van der Waals surface area contributed by atoms with Crippen LogP contribution in [-0.2, 0) is 5.88 Å². The molecule has 0 saturated carbocycles. The molecule has 0 heterocycles. The minimum atomic E-state index is 0.366. The third kappa shape index (κ3) is 3.19. The maximum absolute atomic E-state index is 5.92. The van der Waals surface area contributed by atoms with Gasteiger partial charge in [-0.25, -0.2) is 0 Å². The third-order valence-corrected chi connectivity index (χ3v) is 3.94. The van der Waals surface area contributed by atoms with Crippen LogP contribution in [0.1, 0.15) is 11.1 Å². The first-order valence-corrected chi connectivity index (χ1v) is 7.09. The molecular weight excluding hydrogens is 335 g/mol. The Labute approximate surface area is 125 Å². The highest BCUT2D eigenvalue weighted by atomic mass is 79.9. The van der Waals surface area contributed by atoms with Crippen molar-refractivity contribution < 1.29 is 4.74 Å². The van der Waals surface area contributed by atoms with Crippen molar-refractivity contribution in [2.75, 3.05) is 0 Å². The number of halogens is 3. The topological polar surface area (TPSA) is 9.23 Å². The van der Waals surface area contributed by atoms with E-state index in [-0.39, 0.29) is 0 Å². The molecule has 0 unspecified atom stereocenters. The molecule has 2 aromatic rings. The highest BCUT2D eigenvalue weighted by molar-refractivity contribution is 9.10. The average Bonchev–Trinajstić information content (AvgIpc) is 2.36. The van der Waals surface area contributed by atoms with Gasteiger partial charge in [-0.2, -0.15) is 0 Å². The summed E-state index contributed by atoms with van der Waals surface area (Å²) >= 11 is 15.3. The summed E-state index contributed by atoms with van der Waals surface area (Å²) in [5.74, 6) is 1.88. The molecule has 0 bridgehead atoms. The predicted octanol–water partition coefficient (Wildman–Crippen LogP) is 5.94. The normalized spacial score (nSPS) is 10.4. The molecule has 94 valence electrons. The van der Waals surface area contributed by atoms with Gasteiger partial charge in [0.25, 0.3) is 0 Å². The van der Waals surface area contributed by atoms with Crippen molar-refractivity contribution in [3.8, 4) is 11.5 Å². The van der Waals surface area contributed by atoms with Crippen LogP contribution in [0.2, 0.25) is 5.02 Å². The molecule has 1 nitrogen and oxygen atoms in total. The van der Waals surface area contributed by atoms with Gasteiger partial charge in [0.2, 0.25) is 0 Å². The van der Waals surface area contributed by atoms with E-state index in [2.05, 4.69) is 15.9 Å². The van der Waals surface area contributed by atoms with Crippen LogP contribution in [-0.4, -0.2) is 0 Å². The lowest BCUT2D eigenvalue weighted by atomic mass is 10.2. The van der Waals surface area contributed by atoms with E-state index in [0.717, 1.165) is 27.1 Å². The summed E-state index contributed by atoms with van der Waals surface area (Å²) in [6, 6.07) is 11.3. The Hall–Kier alpha value is -0.700. The second-order valence-corrected chi connectivity index (χ2v) is 5.46. The highest BCUT2D eigenvalue weighted by Gasteiger charge is 2.06. The van der Waals surface area contributed by atoms with Crippen LogP contribution >= 0.6 is 39.1 Å². The molecule has 2 rings (SSSR count). The van der Waals surface area contributed by atoms with Crippen molar-refractivity contribution in [2.24, 2.45) is 0 Å². The van der Waals surface area contributed by atoms with Gasteiger partial charge >= 0.3 is 0 Å². The fourth-order valence-electron chi connectivity index (χ4n) is 1.56. The van der Waals surface area contributed by atoms with E-state index in [0.29, 0.717) is 10.9 Å². The van der Waals surface area contributed by atoms with Gasteiger partial charge in [0.15, 0.2) is 0 Å². The summed E-state index contributed by atoms with van der Waals surface area (Å²) in [7, 11) is 0. The summed E-state index contributed by atoms with van der Waals surface area (Å²) in [6.45, 7) is 2.02. The highest BCUT2D eigenvalue weighted by Crippen LogP contribution is 2.30. The van der Waals surface area contributed by atoms with Crippen molar-refractivity contribution in [2.45, 2.75) is 12.8 Å². The third-order valence-electron chi connectivity index (χ3n) is 2.52. The van der Waals surface area contributed by atoms with E-state index >= 15 is 0 Å². The van der Waals surface area contributed by atoms with Crippen LogP contribution < -0.4 is 4.74 Å². The van der Waals surface area contributed by atoms with Gasteiger partial charge in [-0.15, -0.1) is 11.6 Å². The minimum Gasteiger partial charge on any atom is -0.457 e. The second-order valence-electron chi connectivity index (χ2n) is 3.90. The molecule has 2 aromatic carbocycles. The maximum atomic E-state index is 5.92. The van der Waals surface area contributed by atoms with Gasteiger partial charge in [-0.05, 0) is 48.9 Å². The van der Waals surface area contributed by atoms with Crippen molar-refractivity contribution >= 4 is 39.1 Å². The van der Waals surface area contributed by atoms with Gasteiger partial charge in [-0.1, -0.05) is 27.5 Å². The average molecular weight is 346 g/mol. The monoisotopic (exact) mass is 344 g/mol. The van der Waals surface area contributed by atoms with E-state index in [4.69, 9.17) is 27.9 Å². The zero-order valence-corrected chi connectivity index (χ0v) is 12.8. The van der Waals surface area contributed by atoms with Crippen molar-refractivity contribution in [1.82, 2.24) is 0 Å². The first-order valence-electron chi connectivity index (χ1n) is 5.38. The van der Waals surface area contributed by atoms with Crippen LogP contribution in [0.5, 0.6) is 11.5 Å². The number of hydrogen-bond acceptors (Lipinski definition) is 1. The van der Waals surface area contributed by atoms with E-state index in [1.807, 2.05) is 37.3 Å². The van der Waals surface area contributed by atoms with Crippen LogP contribution in [0.4, 0.5) is 0 Å². The van der Waals surface area contributed by atoms with Gasteiger partial charge in [0.1, 0.15) is 11.5 Å². The molecule has 0 aromatic heterocycles. The fourth-order valence-corrected chi connectivity index (χ4v) is 2.21. The van der Waals surface area contributed by atoms with Crippen LogP contribution in [0.25, 0.3) is 0 Å². The molecule has 0 aliphatic carbocycles. The molecule has 18 heavy (non-hydrogen) atoms. The molecule has 0 radical (unpaired) electrons. The zero-order chi connectivity index (χ0) is 13.1. The second kappa shape index (κ2) is 5.96. The molecule has 0 fully saturated rings. The Bertz CT molecular complexity index is 570. The standard InChI is InChI=1S/C14H11BrCl2O/c1-9-6-12(3-4-13(9)15)18-14-5-2-11(17)7-10(14)8-16/h2-7H,8H2,1H3. The molecular formula is C14H11BrCl2O. The van der Waals surface area contributed by atoms with E-state index in [1.54, 1.807) is 6.07 Å². The lowest BCUT2D eigenvalue weighted by Gasteiger charge is -2.11. The van der Waals surface area contributed by atoms with Crippen molar-refractivity contribution in [3.63, 3.8) is 0 Å². The predicted molar refractivity (Wildman–Crippen MR) is 80.0 cm³/mol. The summed E-state index contributed by atoms with van der Waals surface area (Å²) < 4.78 is 6.89. The SMILES string of the molecule is Cc1cc(Oc2ccc(Cl)cc2CCl)ccc1Br. The lowest BCUT2D eigenvalue weighted by molar-refractivity contribution is 0.478. The Morgan fingerprint density at radius 3 is 2.61 bits per heavy atom. The maximum Gasteiger partial charge on any atom is 0.131 e. The Morgan fingerprint density at radius 2 is 1.94 bits per heavy atom. The zero-order valence-electron chi connectivity index (χ0n) is 9.71. The summed E-state index contributed by atoms with van der Waals surface area (Å²) in [5, 5.41) is 0.657. The largest absolute Gasteiger partial charge is 0.457 e. The first-order chi connectivity index (χ1) is 8.60. The fraction of sp³-hybridized carbons (Fsp3) is 0.143. The van der Waals surface area contributed by atoms with Crippen LogP contribution in [0.3, 0.4) is 0 Å². The molecule has 0 saturated heterocycles. The lowest BCUT2D eigenvalue weighted by Crippen LogP contribution is -1.90. The first kappa shape index (κ1) is 13.7. The molecule has 0 amide bonds. The summed E-state index contributed by atoms with van der Waals surface area (Å²) in [5.41, 5.74) is 2.00. The van der Waals surface area contributed by atoms with Crippen LogP contribution in [0.15, 0.2) is 40.9 Å². The summed E-state index contributed by atoms with van der Waals surface area (Å²) in [6.07, 6.45) is 0. The molecule has 0 aliphatic heterocycles. The van der Waals surface area contributed by atoms with E-state index < -0.39 is 0 Å². The Balaban J connectivity index is 2.30. The van der Waals surface area contributed by atoms with E-state index in [9.17, 15) is 0 Å². The Kier molecular flexibility index (Phi) is 4.55. The number of alkyl halides is 1. The van der Waals surface area contributed by atoms with Gasteiger partial charge in [-0.3, -0.25) is 0 Å². The number of rotatable bonds is 3. The molecule has 0 aliphatic rings. The van der Waals surface area contributed by atoms with Gasteiger partial charge in [0, 0.05) is 15.1 Å². The van der Waals surface area contributed by atoms with Crippen molar-refractivity contribution in [1.29, 1.82) is 0 Å². The van der Waals surface area contributed by atoms with Gasteiger partial charge in [0.05, 0.1) is 5.88 Å². The molecule has 4 heteroatoms. The van der Waals surface area contributed by atoms with Crippen molar-refractivity contribution in [3.05, 3.63) is 57.0 Å². The molecule has 0 N–H and O–H groups in total. The number of benzene rings is 2. The number of ether oxygens (including phenoxy) is 1. The van der Waals surface area contributed by atoms with Crippen LogP contribution in [0, 0.1) is 6.92 Å². The number of aryl methyl sites for hydroxylation is 1. The smallest absolute Gasteiger partial charge is 0.131 e.